The van der Waals surface area contributed by atoms with Crippen molar-refractivity contribution < 1.29 is 9.53 Å². The molecular formula is C19H21ClN2O2. The molecule has 5 heteroatoms. The molecule has 1 amide bonds. The summed E-state index contributed by atoms with van der Waals surface area (Å²) >= 11 is 6.13. The lowest BCUT2D eigenvalue weighted by Crippen LogP contribution is -2.39. The van der Waals surface area contributed by atoms with Crippen LogP contribution >= 0.6 is 11.6 Å². The highest BCUT2D eigenvalue weighted by Crippen LogP contribution is 2.24. The number of piperidine rings is 1. The molecule has 1 saturated heterocycles. The van der Waals surface area contributed by atoms with Crippen molar-refractivity contribution in [2.45, 2.75) is 25.9 Å². The summed E-state index contributed by atoms with van der Waals surface area (Å²) in [6, 6.07) is 13.7. The van der Waals surface area contributed by atoms with E-state index in [0.717, 1.165) is 43.5 Å². The molecule has 2 aromatic rings. The van der Waals surface area contributed by atoms with E-state index in [2.05, 4.69) is 4.98 Å². The summed E-state index contributed by atoms with van der Waals surface area (Å²) in [7, 11) is 0. The average molecular weight is 345 g/mol. The Morgan fingerprint density at radius 1 is 1.17 bits per heavy atom. The van der Waals surface area contributed by atoms with Crippen LogP contribution in [0.3, 0.4) is 0 Å². The fraction of sp³-hybridized carbons (Fsp3) is 0.368. The third-order valence-corrected chi connectivity index (χ3v) is 4.76. The van der Waals surface area contributed by atoms with Gasteiger partial charge in [0.05, 0.1) is 0 Å². The Bertz CT molecular complexity index is 670. The Morgan fingerprint density at radius 3 is 2.62 bits per heavy atom. The van der Waals surface area contributed by atoms with Crippen LogP contribution in [0.4, 0.5) is 4.79 Å². The molecule has 0 bridgehead atoms. The molecule has 0 unspecified atom stereocenters. The smallest absolute Gasteiger partial charge is 0.410 e. The SMILES string of the molecule is O=C(OCc1ccccc1)N1CCC(Cc2cccnc2Cl)CC1. The zero-order valence-electron chi connectivity index (χ0n) is 13.5. The predicted molar refractivity (Wildman–Crippen MR) is 93.9 cm³/mol. The third kappa shape index (κ3) is 4.48. The molecule has 0 N–H and O–H groups in total. The molecule has 2 heterocycles. The lowest BCUT2D eigenvalue weighted by atomic mass is 9.91. The molecule has 0 radical (unpaired) electrons. The summed E-state index contributed by atoms with van der Waals surface area (Å²) < 4.78 is 5.40. The minimum atomic E-state index is -0.225. The van der Waals surface area contributed by atoms with Gasteiger partial charge in [0.1, 0.15) is 11.8 Å². The quantitative estimate of drug-likeness (QED) is 0.775. The van der Waals surface area contributed by atoms with Crippen LogP contribution in [-0.2, 0) is 17.8 Å². The number of hydrogen-bond donors (Lipinski definition) is 0. The predicted octanol–water partition coefficient (Wildman–Crippen LogP) is 4.33. The number of hydrogen-bond acceptors (Lipinski definition) is 3. The Hall–Kier alpha value is -2.07. The van der Waals surface area contributed by atoms with E-state index in [1.54, 1.807) is 11.1 Å². The number of carbonyl (C=O) groups excluding carboxylic acids is 1. The van der Waals surface area contributed by atoms with Crippen LogP contribution in [0.25, 0.3) is 0 Å². The van der Waals surface area contributed by atoms with Gasteiger partial charge in [-0.15, -0.1) is 0 Å². The molecule has 4 nitrogen and oxygen atoms in total. The molecule has 0 aliphatic carbocycles. The van der Waals surface area contributed by atoms with Crippen LogP contribution in [-0.4, -0.2) is 29.1 Å². The number of aromatic nitrogens is 1. The van der Waals surface area contributed by atoms with Crippen molar-refractivity contribution in [2.24, 2.45) is 5.92 Å². The van der Waals surface area contributed by atoms with Gasteiger partial charge in [-0.1, -0.05) is 48.0 Å². The molecular weight excluding hydrogens is 324 g/mol. The van der Waals surface area contributed by atoms with Crippen molar-refractivity contribution in [2.75, 3.05) is 13.1 Å². The number of carbonyl (C=O) groups is 1. The highest BCUT2D eigenvalue weighted by Gasteiger charge is 2.24. The number of ether oxygens (including phenoxy) is 1. The average Bonchev–Trinajstić information content (AvgIpc) is 2.63. The van der Waals surface area contributed by atoms with Crippen molar-refractivity contribution in [3.63, 3.8) is 0 Å². The minimum absolute atomic E-state index is 0.225. The number of rotatable bonds is 4. The monoisotopic (exact) mass is 344 g/mol. The summed E-state index contributed by atoms with van der Waals surface area (Å²) in [5.41, 5.74) is 2.09. The van der Waals surface area contributed by atoms with E-state index in [1.165, 1.54) is 0 Å². The molecule has 1 aliphatic rings. The van der Waals surface area contributed by atoms with E-state index in [1.807, 2.05) is 42.5 Å². The van der Waals surface area contributed by atoms with Crippen LogP contribution in [0.2, 0.25) is 5.15 Å². The molecule has 1 fully saturated rings. The first-order valence-electron chi connectivity index (χ1n) is 8.27. The molecule has 0 atom stereocenters. The molecule has 1 aromatic carbocycles. The van der Waals surface area contributed by atoms with Gasteiger partial charge in [0, 0.05) is 19.3 Å². The first-order chi connectivity index (χ1) is 11.7. The van der Waals surface area contributed by atoms with Gasteiger partial charge in [0.25, 0.3) is 0 Å². The Kier molecular flexibility index (Phi) is 5.70. The van der Waals surface area contributed by atoms with Crippen molar-refractivity contribution >= 4 is 17.7 Å². The largest absolute Gasteiger partial charge is 0.445 e. The summed E-state index contributed by atoms with van der Waals surface area (Å²) in [6.45, 7) is 1.79. The van der Waals surface area contributed by atoms with Crippen LogP contribution in [0.1, 0.15) is 24.0 Å². The number of nitrogens with zero attached hydrogens (tertiary/aromatic N) is 2. The van der Waals surface area contributed by atoms with Gasteiger partial charge in [-0.05, 0) is 42.4 Å². The number of likely N-dealkylation sites (tertiary alicyclic amines) is 1. The van der Waals surface area contributed by atoms with Crippen LogP contribution < -0.4 is 0 Å². The standard InChI is InChI=1S/C19H21ClN2O2/c20-18-17(7-4-10-21-18)13-15-8-11-22(12-9-15)19(23)24-14-16-5-2-1-3-6-16/h1-7,10,15H,8-9,11-14H2. The molecule has 0 spiro atoms. The number of benzene rings is 1. The number of halogens is 1. The van der Waals surface area contributed by atoms with Crippen LogP contribution in [0.5, 0.6) is 0 Å². The zero-order chi connectivity index (χ0) is 16.8. The first-order valence-corrected chi connectivity index (χ1v) is 8.65. The number of pyridine rings is 1. The maximum Gasteiger partial charge on any atom is 0.410 e. The summed E-state index contributed by atoms with van der Waals surface area (Å²) in [5, 5.41) is 0.585. The van der Waals surface area contributed by atoms with Gasteiger partial charge < -0.3 is 9.64 Å². The van der Waals surface area contributed by atoms with Crippen molar-refractivity contribution in [1.82, 2.24) is 9.88 Å². The molecule has 126 valence electrons. The molecule has 1 aromatic heterocycles. The minimum Gasteiger partial charge on any atom is -0.445 e. The van der Waals surface area contributed by atoms with Crippen molar-refractivity contribution in [3.8, 4) is 0 Å². The second-order valence-electron chi connectivity index (χ2n) is 6.13. The van der Waals surface area contributed by atoms with Gasteiger partial charge in [0.15, 0.2) is 0 Å². The maximum atomic E-state index is 12.2. The Balaban J connectivity index is 1.44. The van der Waals surface area contributed by atoms with Gasteiger partial charge in [-0.25, -0.2) is 9.78 Å². The second-order valence-corrected chi connectivity index (χ2v) is 6.49. The molecule has 3 rings (SSSR count). The highest BCUT2D eigenvalue weighted by atomic mass is 35.5. The number of amides is 1. The first kappa shape index (κ1) is 16.8. The lowest BCUT2D eigenvalue weighted by Gasteiger charge is -2.31. The van der Waals surface area contributed by atoms with Crippen molar-refractivity contribution in [1.29, 1.82) is 0 Å². The van der Waals surface area contributed by atoms with E-state index >= 15 is 0 Å². The fourth-order valence-corrected chi connectivity index (χ4v) is 3.21. The van der Waals surface area contributed by atoms with Crippen LogP contribution in [0, 0.1) is 5.92 Å². The van der Waals surface area contributed by atoms with Gasteiger partial charge in [-0.3, -0.25) is 0 Å². The lowest BCUT2D eigenvalue weighted by molar-refractivity contribution is 0.0823. The molecule has 0 saturated carbocycles. The van der Waals surface area contributed by atoms with E-state index < -0.39 is 0 Å². The third-order valence-electron chi connectivity index (χ3n) is 4.42. The van der Waals surface area contributed by atoms with Crippen molar-refractivity contribution in [3.05, 3.63) is 64.9 Å². The summed E-state index contributed by atoms with van der Waals surface area (Å²) in [6.07, 6.45) is 4.32. The molecule has 1 aliphatic heterocycles. The normalized spacial score (nSPS) is 15.3. The van der Waals surface area contributed by atoms with Gasteiger partial charge >= 0.3 is 6.09 Å². The highest BCUT2D eigenvalue weighted by molar-refractivity contribution is 6.30. The Morgan fingerprint density at radius 2 is 1.92 bits per heavy atom. The second kappa shape index (κ2) is 8.15. The fourth-order valence-electron chi connectivity index (χ4n) is 3.01. The maximum absolute atomic E-state index is 12.2. The van der Waals surface area contributed by atoms with E-state index in [4.69, 9.17) is 16.3 Å². The topological polar surface area (TPSA) is 42.4 Å². The van der Waals surface area contributed by atoms with E-state index in [9.17, 15) is 4.79 Å². The van der Waals surface area contributed by atoms with E-state index in [-0.39, 0.29) is 6.09 Å². The van der Waals surface area contributed by atoms with E-state index in [0.29, 0.717) is 17.7 Å². The molecule has 24 heavy (non-hydrogen) atoms. The zero-order valence-corrected chi connectivity index (χ0v) is 14.3. The van der Waals surface area contributed by atoms with Gasteiger partial charge in [0.2, 0.25) is 0 Å². The van der Waals surface area contributed by atoms with Crippen LogP contribution in [0.15, 0.2) is 48.7 Å². The summed E-state index contributed by atoms with van der Waals surface area (Å²) in [5.74, 6) is 0.532. The van der Waals surface area contributed by atoms with Gasteiger partial charge in [-0.2, -0.15) is 0 Å². The summed E-state index contributed by atoms with van der Waals surface area (Å²) in [4.78, 5) is 18.1. The Labute approximate surface area is 147 Å².